The van der Waals surface area contributed by atoms with Gasteiger partial charge in [-0.3, -0.25) is 4.84 Å². The molecular weight excluding hydrogens is 338 g/mol. The summed E-state index contributed by atoms with van der Waals surface area (Å²) < 4.78 is 0. The third-order valence-corrected chi connectivity index (χ3v) is 4.46. The van der Waals surface area contributed by atoms with Gasteiger partial charge >= 0.3 is 0 Å². The van der Waals surface area contributed by atoms with Gasteiger partial charge in [-0.15, -0.1) is 10.2 Å². The van der Waals surface area contributed by atoms with E-state index >= 15 is 0 Å². The summed E-state index contributed by atoms with van der Waals surface area (Å²) in [6, 6.07) is 16.7. The van der Waals surface area contributed by atoms with Gasteiger partial charge in [0, 0.05) is 18.7 Å². The number of nitrogens with zero attached hydrogens (tertiary/aromatic N) is 4. The predicted molar refractivity (Wildman–Crippen MR) is 107 cm³/mol. The third kappa shape index (κ3) is 5.21. The summed E-state index contributed by atoms with van der Waals surface area (Å²) in [6.45, 7) is 6.71. The summed E-state index contributed by atoms with van der Waals surface area (Å²) in [5.74, 6) is 0.605. The van der Waals surface area contributed by atoms with E-state index in [2.05, 4.69) is 62.9 Å². The van der Waals surface area contributed by atoms with Crippen LogP contribution in [0, 0.1) is 0 Å². The second-order valence-electron chi connectivity index (χ2n) is 6.47. The molecule has 3 aromatic rings. The van der Waals surface area contributed by atoms with Crippen LogP contribution in [0.2, 0.25) is 0 Å². The van der Waals surface area contributed by atoms with Crippen molar-refractivity contribution in [2.75, 3.05) is 13.2 Å². The minimum absolute atomic E-state index is 0.605. The first-order valence-electron chi connectivity index (χ1n) is 9.61. The van der Waals surface area contributed by atoms with Crippen LogP contribution >= 0.6 is 0 Å². The number of benzene rings is 2. The number of unbranched alkanes of at least 4 members (excludes halogenated alkanes) is 2. The number of aromatic nitrogens is 4. The minimum Gasteiger partial charge on any atom is -0.299 e. The van der Waals surface area contributed by atoms with E-state index < -0.39 is 0 Å². The van der Waals surface area contributed by atoms with Crippen LogP contribution in [0.3, 0.4) is 0 Å². The summed E-state index contributed by atoms with van der Waals surface area (Å²) in [6.07, 6.45) is 3.61. The zero-order valence-electron chi connectivity index (χ0n) is 16.1. The van der Waals surface area contributed by atoms with E-state index in [1.807, 2.05) is 25.1 Å². The van der Waals surface area contributed by atoms with Gasteiger partial charge in [0.2, 0.25) is 5.82 Å². The highest BCUT2D eigenvalue weighted by Gasteiger charge is 2.11. The van der Waals surface area contributed by atoms with E-state index in [4.69, 9.17) is 4.84 Å². The number of hydrogen-bond donors (Lipinski definition) is 1. The van der Waals surface area contributed by atoms with Crippen molar-refractivity contribution in [1.82, 2.24) is 25.7 Å². The van der Waals surface area contributed by atoms with Crippen molar-refractivity contribution in [1.29, 1.82) is 0 Å². The molecule has 0 fully saturated rings. The van der Waals surface area contributed by atoms with Crippen LogP contribution in [0.4, 0.5) is 0 Å². The Morgan fingerprint density at radius 2 is 1.74 bits per heavy atom. The van der Waals surface area contributed by atoms with Crippen LogP contribution < -0.4 is 0 Å². The molecule has 2 aromatic carbocycles. The van der Waals surface area contributed by atoms with Gasteiger partial charge in [-0.2, -0.15) is 10.3 Å². The van der Waals surface area contributed by atoms with Crippen LogP contribution in [-0.4, -0.2) is 38.8 Å². The average Bonchev–Trinajstić information content (AvgIpc) is 3.24. The van der Waals surface area contributed by atoms with E-state index in [0.29, 0.717) is 12.4 Å². The molecule has 0 aliphatic heterocycles. The standard InChI is InChI=1S/C21H27N5O/c1-3-5-8-15-26(27-4-2)16-17-11-13-18(14-12-17)19-9-6-7-10-20(19)21-22-24-25-23-21/h6-7,9-14H,3-5,8,15-16H2,1-2H3,(H,22,23,24,25). The number of nitrogens with one attached hydrogen (secondary N) is 1. The molecule has 3 rings (SSSR count). The minimum atomic E-state index is 0.605. The van der Waals surface area contributed by atoms with E-state index in [1.54, 1.807) is 0 Å². The zero-order valence-corrected chi connectivity index (χ0v) is 16.1. The van der Waals surface area contributed by atoms with Crippen molar-refractivity contribution in [2.24, 2.45) is 0 Å². The number of H-pyrrole nitrogens is 1. The highest BCUT2D eigenvalue weighted by molar-refractivity contribution is 5.80. The Morgan fingerprint density at radius 3 is 2.41 bits per heavy atom. The molecule has 27 heavy (non-hydrogen) atoms. The Hall–Kier alpha value is -2.57. The molecule has 1 aromatic heterocycles. The molecule has 0 spiro atoms. The molecule has 142 valence electrons. The van der Waals surface area contributed by atoms with E-state index in [-0.39, 0.29) is 0 Å². The average molecular weight is 365 g/mol. The quantitative estimate of drug-likeness (QED) is 0.424. The summed E-state index contributed by atoms with van der Waals surface area (Å²) in [4.78, 5) is 5.78. The molecule has 0 aliphatic carbocycles. The van der Waals surface area contributed by atoms with Gasteiger partial charge in [-0.1, -0.05) is 68.3 Å². The smallest absolute Gasteiger partial charge is 0.205 e. The SMILES string of the molecule is CCCCCN(Cc1ccc(-c2ccccc2-c2nn[nH]n2)cc1)OCC. The molecule has 1 heterocycles. The molecule has 1 N–H and O–H groups in total. The van der Waals surface area contributed by atoms with Gasteiger partial charge in [0.15, 0.2) is 0 Å². The van der Waals surface area contributed by atoms with Crippen LogP contribution in [0.5, 0.6) is 0 Å². The van der Waals surface area contributed by atoms with Crippen LogP contribution in [0.25, 0.3) is 22.5 Å². The molecule has 0 atom stereocenters. The van der Waals surface area contributed by atoms with Crippen LogP contribution in [0.15, 0.2) is 48.5 Å². The van der Waals surface area contributed by atoms with E-state index in [0.717, 1.165) is 36.2 Å². The maximum atomic E-state index is 5.78. The normalized spacial score (nSPS) is 11.2. The predicted octanol–water partition coefficient (Wildman–Crippen LogP) is 4.48. The Bertz CT molecular complexity index is 802. The lowest BCUT2D eigenvalue weighted by atomic mass is 9.98. The summed E-state index contributed by atoms with van der Waals surface area (Å²) >= 11 is 0. The number of tetrazole rings is 1. The lowest BCUT2D eigenvalue weighted by Gasteiger charge is -2.21. The van der Waals surface area contributed by atoms with Gasteiger partial charge in [0.1, 0.15) is 0 Å². The van der Waals surface area contributed by atoms with Gasteiger partial charge in [0.05, 0.1) is 6.61 Å². The van der Waals surface area contributed by atoms with Crippen molar-refractivity contribution in [3.8, 4) is 22.5 Å². The lowest BCUT2D eigenvalue weighted by molar-refractivity contribution is -0.162. The number of hydrogen-bond acceptors (Lipinski definition) is 5. The number of rotatable bonds is 10. The molecule has 0 saturated heterocycles. The summed E-state index contributed by atoms with van der Waals surface area (Å²) in [7, 11) is 0. The van der Waals surface area contributed by atoms with Gasteiger partial charge in [-0.25, -0.2) is 0 Å². The monoisotopic (exact) mass is 365 g/mol. The lowest BCUT2D eigenvalue weighted by Crippen LogP contribution is -2.24. The maximum Gasteiger partial charge on any atom is 0.205 e. The third-order valence-electron chi connectivity index (χ3n) is 4.46. The van der Waals surface area contributed by atoms with Crippen molar-refractivity contribution < 1.29 is 4.84 Å². The first-order valence-corrected chi connectivity index (χ1v) is 9.61. The van der Waals surface area contributed by atoms with E-state index in [9.17, 15) is 0 Å². The molecule has 0 radical (unpaired) electrons. The molecule has 0 bridgehead atoms. The fourth-order valence-electron chi connectivity index (χ4n) is 3.11. The van der Waals surface area contributed by atoms with Gasteiger partial charge < -0.3 is 0 Å². The first-order chi connectivity index (χ1) is 13.3. The molecule has 0 saturated carbocycles. The van der Waals surface area contributed by atoms with Gasteiger partial charge in [-0.05, 0) is 35.2 Å². The van der Waals surface area contributed by atoms with Gasteiger partial charge in [0.25, 0.3) is 0 Å². The molecule has 0 unspecified atom stereocenters. The molecule has 6 heteroatoms. The molecule has 6 nitrogen and oxygen atoms in total. The molecular formula is C21H27N5O. The van der Waals surface area contributed by atoms with Crippen molar-refractivity contribution in [3.63, 3.8) is 0 Å². The molecule has 0 amide bonds. The Balaban J connectivity index is 1.74. The Labute approximate surface area is 160 Å². The second kappa shape index (κ2) is 9.94. The summed E-state index contributed by atoms with van der Waals surface area (Å²) in [5.41, 5.74) is 4.43. The van der Waals surface area contributed by atoms with Crippen molar-refractivity contribution in [2.45, 2.75) is 39.7 Å². The Kier molecular flexibility index (Phi) is 7.07. The van der Waals surface area contributed by atoms with Crippen LogP contribution in [0.1, 0.15) is 38.7 Å². The largest absolute Gasteiger partial charge is 0.299 e. The topological polar surface area (TPSA) is 66.9 Å². The van der Waals surface area contributed by atoms with E-state index in [1.165, 1.54) is 18.4 Å². The first kappa shape index (κ1) is 19.2. The fourth-order valence-corrected chi connectivity index (χ4v) is 3.11. The number of aromatic amines is 1. The zero-order chi connectivity index (χ0) is 18.9. The van der Waals surface area contributed by atoms with Crippen LogP contribution in [-0.2, 0) is 11.4 Å². The summed E-state index contributed by atoms with van der Waals surface area (Å²) in [5, 5.41) is 16.5. The molecule has 0 aliphatic rings. The highest BCUT2D eigenvalue weighted by atomic mass is 16.7. The van der Waals surface area contributed by atoms with Crippen molar-refractivity contribution >= 4 is 0 Å². The maximum absolute atomic E-state index is 5.78. The number of hydroxylamine groups is 2. The second-order valence-corrected chi connectivity index (χ2v) is 6.47. The fraction of sp³-hybridized carbons (Fsp3) is 0.381. The Morgan fingerprint density at radius 1 is 0.963 bits per heavy atom. The van der Waals surface area contributed by atoms with Crippen molar-refractivity contribution in [3.05, 3.63) is 54.1 Å². The highest BCUT2D eigenvalue weighted by Crippen LogP contribution is 2.29.